The molecule has 8 amide bonds. The second-order valence-corrected chi connectivity index (χ2v) is 31.2. The Labute approximate surface area is 713 Å². The highest BCUT2D eigenvalue weighted by molar-refractivity contribution is 5.99. The number of amides is 8. The van der Waals surface area contributed by atoms with Gasteiger partial charge in [0.05, 0.1) is 78.2 Å². The third kappa shape index (κ3) is 18.7. The number of carboxylic acids is 1. The van der Waals surface area contributed by atoms with Crippen LogP contribution in [0, 0.1) is 5.92 Å². The van der Waals surface area contributed by atoms with Crippen molar-refractivity contribution in [3.8, 4) is 45.4 Å². The van der Waals surface area contributed by atoms with Crippen molar-refractivity contribution in [3.05, 3.63) is 203 Å². The molecule has 4 aliphatic heterocycles. The van der Waals surface area contributed by atoms with E-state index >= 15 is 0 Å². The van der Waals surface area contributed by atoms with Gasteiger partial charge in [0, 0.05) is 91.4 Å². The maximum Gasteiger partial charge on any atom is 0.415 e. The number of nitrogens with one attached hydrogen (secondary N) is 4. The molecular weight excluding hydrogens is 1600 g/mol. The summed E-state index contributed by atoms with van der Waals surface area (Å²) >= 11 is 0. The van der Waals surface area contributed by atoms with Crippen LogP contribution in [0.3, 0.4) is 0 Å². The van der Waals surface area contributed by atoms with Gasteiger partial charge in [-0.25, -0.2) is 43.5 Å². The number of carbonyl (C=O) groups is 10. The van der Waals surface area contributed by atoms with Crippen molar-refractivity contribution in [2.24, 2.45) is 11.7 Å². The van der Waals surface area contributed by atoms with Gasteiger partial charge in [-0.3, -0.25) is 19.2 Å². The Balaban J connectivity index is 0.000000282. The number of ether oxygens (including phenoxy) is 6. The number of quaternary nitrogens is 1. The lowest BCUT2D eigenvalue weighted by Gasteiger charge is -2.31. The first-order valence-corrected chi connectivity index (χ1v) is 41.1. The molecule has 0 fully saturated rings. The van der Waals surface area contributed by atoms with Gasteiger partial charge in [-0.2, -0.15) is 0 Å². The summed E-state index contributed by atoms with van der Waals surface area (Å²) in [5.74, 6) is -3.70. The van der Waals surface area contributed by atoms with E-state index in [1.165, 1.54) is 28.8 Å². The number of nitrogens with two attached hydrogens (primary N) is 2. The number of benzene rings is 5. The molecule has 0 radical (unpaired) electrons. The van der Waals surface area contributed by atoms with E-state index < -0.39 is 89.3 Å². The van der Waals surface area contributed by atoms with Crippen molar-refractivity contribution >= 4 is 87.6 Å². The normalized spacial score (nSPS) is 15.7. The summed E-state index contributed by atoms with van der Waals surface area (Å²) in [7, 11) is 6.71. The summed E-state index contributed by atoms with van der Waals surface area (Å²) in [6.07, 6.45) is -0.809. The number of anilines is 1. The van der Waals surface area contributed by atoms with Gasteiger partial charge in [0.1, 0.15) is 50.0 Å². The average molecular weight is 1700 g/mol. The lowest BCUT2D eigenvalue weighted by atomic mass is 9.86. The SMILES string of the molecule is CC(=O)[O-].CCc1c2c(nc3ccc(OC(=O)N(C)CCN(C)C(=O)OCc4ccc(NC(=O)[C@H](CCCNC(N)=O)NC(=O)[C@@H](NC(=O)OCC5c6ccccc6-c6ccccc65)C(C)C)cc4)cc13)-c1cc3c(c(=O)n1C2)COC(=O)[C@]3(O)CC.CCc1c2c(nc3ccc(OC(=O)N(C)CC[NH2+]C)cc13)-c1cc3c(c(=O)n1C2)COC(=O)[C@]3(O)CC. The van der Waals surface area contributed by atoms with E-state index in [-0.39, 0.29) is 112 Å². The smallest absolute Gasteiger partial charge is 0.415 e. The highest BCUT2D eigenvalue weighted by Crippen LogP contribution is 2.46. The molecule has 10 N–H and O–H groups in total. The third-order valence-electron chi connectivity index (χ3n) is 22.9. The molecule has 0 saturated carbocycles. The number of likely N-dealkylation sites (N-methyl/N-ethyl adjacent to an activating group) is 4. The molecule has 5 aliphatic rings. The second kappa shape index (κ2) is 38.2. The van der Waals surface area contributed by atoms with Crippen LogP contribution in [0.5, 0.6) is 11.5 Å². The number of aliphatic hydroxyl groups is 2. The maximum atomic E-state index is 13.8. The first kappa shape index (κ1) is 89.7. The van der Waals surface area contributed by atoms with E-state index in [2.05, 4.69) is 21.3 Å². The number of hydrogen-bond acceptors (Lipinski definition) is 23. The van der Waals surface area contributed by atoms with Crippen LogP contribution in [0.2, 0.25) is 0 Å². The van der Waals surface area contributed by atoms with Crippen LogP contribution in [-0.2, 0) is 99.9 Å². The molecule has 9 aromatic rings. The maximum absolute atomic E-state index is 13.8. The van der Waals surface area contributed by atoms with Gasteiger partial charge in [-0.05, 0) is 151 Å². The largest absolute Gasteiger partial charge is 0.550 e. The molecule has 0 saturated heterocycles. The Morgan fingerprint density at radius 2 is 1.10 bits per heavy atom. The van der Waals surface area contributed by atoms with Crippen LogP contribution >= 0.6 is 0 Å². The predicted molar refractivity (Wildman–Crippen MR) is 452 cm³/mol. The minimum atomic E-state index is -1.95. The zero-order valence-corrected chi connectivity index (χ0v) is 70.8. The van der Waals surface area contributed by atoms with Crippen LogP contribution < -0.4 is 58.0 Å². The molecule has 5 aromatic carbocycles. The number of carboxylic acid groups (broad SMARTS) is 1. The number of urea groups is 1. The Kier molecular flexibility index (Phi) is 27.6. The molecule has 652 valence electrons. The number of carbonyl (C=O) groups excluding carboxylic acids is 10. The van der Waals surface area contributed by atoms with Crippen molar-refractivity contribution in [2.75, 3.05) is 72.8 Å². The highest BCUT2D eigenvalue weighted by atomic mass is 16.6. The minimum absolute atomic E-state index is 0.0275. The molecule has 4 aromatic heterocycles. The number of esters is 2. The van der Waals surface area contributed by atoms with Gasteiger partial charge in [0.25, 0.3) is 11.1 Å². The van der Waals surface area contributed by atoms with E-state index in [1.54, 1.807) is 111 Å². The van der Waals surface area contributed by atoms with E-state index in [9.17, 15) is 63.0 Å². The van der Waals surface area contributed by atoms with Crippen molar-refractivity contribution in [2.45, 2.75) is 149 Å². The van der Waals surface area contributed by atoms with Crippen LogP contribution in [0.1, 0.15) is 141 Å². The number of rotatable bonds is 26. The molecule has 1 aliphatic carbocycles. The van der Waals surface area contributed by atoms with Gasteiger partial charge in [-0.15, -0.1) is 0 Å². The number of aryl methyl sites for hydroxylation is 2. The number of nitrogens with zero attached hydrogens (tertiary/aromatic N) is 7. The van der Waals surface area contributed by atoms with Crippen LogP contribution in [0.15, 0.2) is 131 Å². The minimum Gasteiger partial charge on any atom is -0.550 e. The number of hydrogen-bond donors (Lipinski definition) is 8. The highest BCUT2D eigenvalue weighted by Gasteiger charge is 2.48. The van der Waals surface area contributed by atoms with Crippen molar-refractivity contribution < 1.29 is 97.0 Å². The molecule has 0 unspecified atom stereocenters. The first-order chi connectivity index (χ1) is 59.2. The standard InChI is InChI=1S/C61H67N9O13.C27H30N4O6.C2H4O2/c1-7-38-43-28-37(23-24-48(43)65-52-44(38)30-70-50(52)29-47-46(55(70)73)33-80-56(74)61(47,79)8-2)83-60(78)69(6)27-26-68(5)59(77)82-31-35-19-21-36(22-20-35)64-53(71)49(18-13-25-63-57(62)75)66-54(72)51(34(3)4)67-58(76)81-32-45-41-16-11-9-14-39(41)40-15-10-12-17-42(40)45;1-5-16-17-11-15(37-26(34)30(4)10-9-28-3)7-8-21(17)29-23-18(16)13-31-22(23)12-20-19(24(31)32)14-36-25(33)27(20,35)6-2;1-2(3)4/h9-12,14-17,19-24,28-29,34,45,49,51,79H,7-8,13,18,25-27,30-33H2,1-6H3,(H,64,71)(H,66,72)(H,67,76)(H3,62,63,75);7-8,11-12,28,35H,5-6,9-10,13-14H2,1-4H3;1H3,(H,3,4)/t49-,51-,61-;27-;/m00./s1. The van der Waals surface area contributed by atoms with E-state index in [4.69, 9.17) is 54.0 Å². The van der Waals surface area contributed by atoms with Gasteiger partial charge < -0.3 is 105 Å². The average Bonchev–Trinajstić information content (AvgIpc) is 1.56. The first-order valence-electron chi connectivity index (χ1n) is 41.1. The van der Waals surface area contributed by atoms with Crippen molar-refractivity contribution in [3.63, 3.8) is 0 Å². The molecule has 34 heteroatoms. The van der Waals surface area contributed by atoms with Gasteiger partial charge in [0.15, 0.2) is 11.2 Å². The molecule has 14 rings (SSSR count). The zero-order chi connectivity index (χ0) is 89.3. The van der Waals surface area contributed by atoms with Gasteiger partial charge in [-0.1, -0.05) is 102 Å². The van der Waals surface area contributed by atoms with E-state index in [0.717, 1.165) is 68.7 Å². The van der Waals surface area contributed by atoms with E-state index in [0.29, 0.717) is 87.9 Å². The van der Waals surface area contributed by atoms with Crippen molar-refractivity contribution in [1.82, 2.24) is 49.8 Å². The molecule has 0 spiro atoms. The summed E-state index contributed by atoms with van der Waals surface area (Å²) in [6, 6.07) is 33.3. The monoisotopic (exact) mass is 1700 g/mol. The molecular formula is C90H101N13O21. The molecule has 4 atom stereocenters. The number of alkyl carbamates (subject to hydrolysis) is 1. The van der Waals surface area contributed by atoms with Crippen molar-refractivity contribution in [1.29, 1.82) is 0 Å². The number of aliphatic carboxylic acids is 1. The van der Waals surface area contributed by atoms with Crippen LogP contribution in [0.25, 0.3) is 55.7 Å². The van der Waals surface area contributed by atoms with Gasteiger partial charge in [0.2, 0.25) is 11.8 Å². The molecule has 0 bridgehead atoms. The summed E-state index contributed by atoms with van der Waals surface area (Å²) in [4.78, 5) is 166. The number of pyridine rings is 4. The summed E-state index contributed by atoms with van der Waals surface area (Å²) < 4.78 is 36.2. The number of fused-ring (bicyclic) bond motifs is 13. The van der Waals surface area contributed by atoms with Crippen LogP contribution in [-0.4, -0.2) is 184 Å². The summed E-state index contributed by atoms with van der Waals surface area (Å²) in [6.45, 7) is 13.6. The predicted octanol–water partition coefficient (Wildman–Crippen LogP) is 6.80. The number of cyclic esters (lactones) is 2. The molecule has 124 heavy (non-hydrogen) atoms. The van der Waals surface area contributed by atoms with Crippen LogP contribution in [0.4, 0.5) is 29.7 Å². The lowest BCUT2D eigenvalue weighted by Crippen LogP contribution is -2.81. The van der Waals surface area contributed by atoms with E-state index in [1.807, 2.05) is 80.8 Å². The number of primary amides is 1. The van der Waals surface area contributed by atoms with Gasteiger partial charge >= 0.3 is 42.3 Å². The third-order valence-corrected chi connectivity index (χ3v) is 22.9. The fourth-order valence-electron chi connectivity index (χ4n) is 16.0. The Morgan fingerprint density at radius 3 is 1.56 bits per heavy atom. The Hall–Kier alpha value is -13.6. The Bertz CT molecular complexity index is 5780. The topological polar surface area (TPSA) is 460 Å². The quantitative estimate of drug-likeness (QED) is 0.0157. The zero-order valence-electron chi connectivity index (χ0n) is 70.8. The Morgan fingerprint density at radius 1 is 0.629 bits per heavy atom. The fourth-order valence-corrected chi connectivity index (χ4v) is 16.0. The second-order valence-electron chi connectivity index (χ2n) is 31.2. The lowest BCUT2D eigenvalue weighted by molar-refractivity contribution is -0.626. The molecule has 8 heterocycles. The number of aromatic nitrogens is 4. The summed E-state index contributed by atoms with van der Waals surface area (Å²) in [5, 5.41) is 45.6. The summed E-state index contributed by atoms with van der Waals surface area (Å²) in [5.41, 5.74) is 14.2. The fraction of sp³-hybridized carbons (Fsp3) is 0.378. The molecule has 34 nitrogen and oxygen atoms in total.